The zero-order valence-electron chi connectivity index (χ0n) is 7.98. The van der Waals surface area contributed by atoms with E-state index in [4.69, 9.17) is 5.11 Å². The third kappa shape index (κ3) is 1.91. The lowest BCUT2D eigenvalue weighted by Gasteiger charge is -2.01. The van der Waals surface area contributed by atoms with Crippen molar-refractivity contribution >= 4 is 10.9 Å². The van der Waals surface area contributed by atoms with E-state index in [1.54, 1.807) is 0 Å². The number of fused-ring (bicyclic) bond motifs is 1. The van der Waals surface area contributed by atoms with Crippen LogP contribution in [0.5, 0.6) is 0 Å². The van der Waals surface area contributed by atoms with Crippen molar-refractivity contribution in [2.24, 2.45) is 0 Å². The Balaban J connectivity index is 2.32. The molecule has 1 N–H and O–H groups in total. The van der Waals surface area contributed by atoms with Crippen molar-refractivity contribution in [3.05, 3.63) is 42.1 Å². The van der Waals surface area contributed by atoms with Gasteiger partial charge in [-0.1, -0.05) is 18.2 Å². The van der Waals surface area contributed by atoms with E-state index in [1.807, 2.05) is 24.4 Å². The molecule has 0 spiro atoms. The van der Waals surface area contributed by atoms with Crippen LogP contribution in [0.15, 0.2) is 36.5 Å². The molecule has 0 unspecified atom stereocenters. The van der Waals surface area contributed by atoms with Crippen molar-refractivity contribution in [3.8, 4) is 0 Å². The van der Waals surface area contributed by atoms with Crippen LogP contribution in [0.25, 0.3) is 10.9 Å². The van der Waals surface area contributed by atoms with Crippen LogP contribution in [0, 0.1) is 0 Å². The van der Waals surface area contributed by atoms with E-state index in [9.17, 15) is 0 Å². The summed E-state index contributed by atoms with van der Waals surface area (Å²) in [6, 6.07) is 10.2. The van der Waals surface area contributed by atoms with Gasteiger partial charge >= 0.3 is 0 Å². The van der Waals surface area contributed by atoms with Gasteiger partial charge < -0.3 is 5.11 Å². The standard InChI is InChI=1S/C12H13NO/c14-7-3-4-10-8-11-5-1-2-6-12(11)13-9-10/h1-2,5-6,8-9,14H,3-4,7H2. The van der Waals surface area contributed by atoms with Gasteiger partial charge in [-0.05, 0) is 30.5 Å². The molecular weight excluding hydrogens is 174 g/mol. The Hall–Kier alpha value is -1.41. The fourth-order valence-corrected chi connectivity index (χ4v) is 1.54. The van der Waals surface area contributed by atoms with E-state index in [0.29, 0.717) is 0 Å². The molecule has 0 aliphatic carbocycles. The highest BCUT2D eigenvalue weighted by Gasteiger charge is 1.96. The molecule has 1 aromatic carbocycles. The normalized spacial score (nSPS) is 10.6. The molecule has 72 valence electrons. The number of rotatable bonds is 3. The summed E-state index contributed by atoms with van der Waals surface area (Å²) in [4.78, 5) is 4.35. The van der Waals surface area contributed by atoms with Crippen molar-refractivity contribution in [1.82, 2.24) is 4.98 Å². The van der Waals surface area contributed by atoms with Crippen LogP contribution in [-0.4, -0.2) is 16.7 Å². The Kier molecular flexibility index (Phi) is 2.75. The van der Waals surface area contributed by atoms with Gasteiger partial charge in [0, 0.05) is 18.2 Å². The first-order valence-electron chi connectivity index (χ1n) is 4.84. The van der Waals surface area contributed by atoms with E-state index in [2.05, 4.69) is 17.1 Å². The van der Waals surface area contributed by atoms with Crippen molar-refractivity contribution in [1.29, 1.82) is 0 Å². The zero-order chi connectivity index (χ0) is 9.80. The Morgan fingerprint density at radius 1 is 1.21 bits per heavy atom. The van der Waals surface area contributed by atoms with Gasteiger partial charge in [0.1, 0.15) is 0 Å². The molecule has 14 heavy (non-hydrogen) atoms. The summed E-state index contributed by atoms with van der Waals surface area (Å²) in [5.74, 6) is 0. The number of aryl methyl sites for hydroxylation is 1. The maximum Gasteiger partial charge on any atom is 0.0702 e. The lowest BCUT2D eigenvalue weighted by molar-refractivity contribution is 0.288. The average molecular weight is 187 g/mol. The maximum atomic E-state index is 8.72. The van der Waals surface area contributed by atoms with Gasteiger partial charge in [0.2, 0.25) is 0 Å². The first-order valence-corrected chi connectivity index (χ1v) is 4.84. The summed E-state index contributed by atoms with van der Waals surface area (Å²) >= 11 is 0. The molecule has 0 aliphatic heterocycles. The first kappa shape index (κ1) is 9.16. The Labute approximate surface area is 83.2 Å². The van der Waals surface area contributed by atoms with Gasteiger partial charge in [-0.15, -0.1) is 0 Å². The maximum absolute atomic E-state index is 8.72. The number of pyridine rings is 1. The fraction of sp³-hybridized carbons (Fsp3) is 0.250. The number of aliphatic hydroxyl groups excluding tert-OH is 1. The Morgan fingerprint density at radius 2 is 2.07 bits per heavy atom. The minimum absolute atomic E-state index is 0.243. The topological polar surface area (TPSA) is 33.1 Å². The molecule has 2 aromatic rings. The number of aromatic nitrogens is 1. The summed E-state index contributed by atoms with van der Waals surface area (Å²) in [5, 5.41) is 9.89. The number of para-hydroxylation sites is 1. The molecule has 0 amide bonds. The molecule has 2 heteroatoms. The van der Waals surface area contributed by atoms with E-state index >= 15 is 0 Å². The molecule has 2 rings (SSSR count). The summed E-state index contributed by atoms with van der Waals surface area (Å²) in [6.07, 6.45) is 3.59. The minimum atomic E-state index is 0.243. The second-order valence-corrected chi connectivity index (χ2v) is 3.36. The molecule has 0 saturated heterocycles. The predicted octanol–water partition coefficient (Wildman–Crippen LogP) is 2.16. The summed E-state index contributed by atoms with van der Waals surface area (Å²) < 4.78 is 0. The zero-order valence-corrected chi connectivity index (χ0v) is 7.98. The molecule has 2 nitrogen and oxygen atoms in total. The van der Waals surface area contributed by atoms with Crippen molar-refractivity contribution in [3.63, 3.8) is 0 Å². The quantitative estimate of drug-likeness (QED) is 0.798. The highest BCUT2D eigenvalue weighted by Crippen LogP contribution is 2.13. The van der Waals surface area contributed by atoms with Gasteiger partial charge in [-0.3, -0.25) is 4.98 Å². The van der Waals surface area contributed by atoms with Gasteiger partial charge in [0.25, 0.3) is 0 Å². The molecule has 1 heterocycles. The van der Waals surface area contributed by atoms with Crippen LogP contribution in [0.4, 0.5) is 0 Å². The highest BCUT2D eigenvalue weighted by molar-refractivity contribution is 5.78. The van der Waals surface area contributed by atoms with Crippen LogP contribution >= 0.6 is 0 Å². The van der Waals surface area contributed by atoms with Crippen molar-refractivity contribution < 1.29 is 5.11 Å². The van der Waals surface area contributed by atoms with Gasteiger partial charge in [-0.2, -0.15) is 0 Å². The third-order valence-corrected chi connectivity index (χ3v) is 2.27. The first-order chi connectivity index (χ1) is 6.90. The molecular formula is C12H13NO. The van der Waals surface area contributed by atoms with Crippen molar-refractivity contribution in [2.45, 2.75) is 12.8 Å². The van der Waals surface area contributed by atoms with Crippen LogP contribution in [0.2, 0.25) is 0 Å². The lowest BCUT2D eigenvalue weighted by atomic mass is 10.1. The SMILES string of the molecule is OCCCc1cnc2ccccc2c1. The van der Waals surface area contributed by atoms with Crippen LogP contribution in [0.1, 0.15) is 12.0 Å². The molecule has 0 saturated carbocycles. The van der Waals surface area contributed by atoms with E-state index < -0.39 is 0 Å². The highest BCUT2D eigenvalue weighted by atomic mass is 16.2. The second-order valence-electron chi connectivity index (χ2n) is 3.36. The van der Waals surface area contributed by atoms with Crippen LogP contribution in [0.3, 0.4) is 0 Å². The number of aliphatic hydroxyl groups is 1. The monoisotopic (exact) mass is 187 g/mol. The molecule has 1 aromatic heterocycles. The number of benzene rings is 1. The van der Waals surface area contributed by atoms with Crippen LogP contribution in [-0.2, 0) is 6.42 Å². The fourth-order valence-electron chi connectivity index (χ4n) is 1.54. The summed E-state index contributed by atoms with van der Waals surface area (Å²) in [7, 11) is 0. The molecule has 0 atom stereocenters. The van der Waals surface area contributed by atoms with Gasteiger partial charge in [0.15, 0.2) is 0 Å². The largest absolute Gasteiger partial charge is 0.396 e. The predicted molar refractivity (Wildman–Crippen MR) is 57.1 cm³/mol. The Morgan fingerprint density at radius 3 is 2.93 bits per heavy atom. The van der Waals surface area contributed by atoms with E-state index in [-0.39, 0.29) is 6.61 Å². The Bertz CT molecular complexity index is 425. The molecule has 0 radical (unpaired) electrons. The summed E-state index contributed by atoms with van der Waals surface area (Å²) in [6.45, 7) is 0.243. The molecule has 0 aliphatic rings. The summed E-state index contributed by atoms with van der Waals surface area (Å²) in [5.41, 5.74) is 2.22. The van der Waals surface area contributed by atoms with E-state index in [1.165, 1.54) is 10.9 Å². The average Bonchev–Trinajstić information content (AvgIpc) is 2.26. The van der Waals surface area contributed by atoms with Gasteiger partial charge in [0.05, 0.1) is 5.52 Å². The molecule has 0 fully saturated rings. The second kappa shape index (κ2) is 4.20. The number of hydrogen-bond acceptors (Lipinski definition) is 2. The third-order valence-electron chi connectivity index (χ3n) is 2.27. The molecule has 0 bridgehead atoms. The number of hydrogen-bond donors (Lipinski definition) is 1. The minimum Gasteiger partial charge on any atom is -0.396 e. The van der Waals surface area contributed by atoms with Crippen molar-refractivity contribution in [2.75, 3.05) is 6.61 Å². The number of nitrogens with zero attached hydrogens (tertiary/aromatic N) is 1. The van der Waals surface area contributed by atoms with Crippen LogP contribution < -0.4 is 0 Å². The lowest BCUT2D eigenvalue weighted by Crippen LogP contribution is -1.90. The van der Waals surface area contributed by atoms with E-state index in [0.717, 1.165) is 18.4 Å². The van der Waals surface area contributed by atoms with Gasteiger partial charge in [-0.25, -0.2) is 0 Å². The smallest absolute Gasteiger partial charge is 0.0702 e.